The van der Waals surface area contributed by atoms with Gasteiger partial charge in [-0.3, -0.25) is 4.68 Å². The van der Waals surface area contributed by atoms with E-state index >= 15 is 0 Å². The number of hydrogen-bond donors (Lipinski definition) is 1. The average Bonchev–Trinajstić information content (AvgIpc) is 2.86. The summed E-state index contributed by atoms with van der Waals surface area (Å²) >= 11 is 5.84. The molecule has 0 fully saturated rings. The van der Waals surface area contributed by atoms with Crippen molar-refractivity contribution in [2.24, 2.45) is 7.05 Å². The Morgan fingerprint density at radius 1 is 1.45 bits per heavy atom. The van der Waals surface area contributed by atoms with Gasteiger partial charge >= 0.3 is 0 Å². The van der Waals surface area contributed by atoms with Gasteiger partial charge < -0.3 is 5.32 Å². The van der Waals surface area contributed by atoms with E-state index in [0.29, 0.717) is 12.0 Å². The maximum Gasteiger partial charge on any atom is 0.145 e. The first kappa shape index (κ1) is 15.0. The van der Waals surface area contributed by atoms with Crippen LogP contribution in [0.15, 0.2) is 30.6 Å². The molecule has 1 heterocycles. The molecule has 0 spiro atoms. The van der Waals surface area contributed by atoms with Gasteiger partial charge in [0.05, 0.1) is 11.2 Å². The summed E-state index contributed by atoms with van der Waals surface area (Å²) in [5.74, 6) is -0.332. The van der Waals surface area contributed by atoms with Gasteiger partial charge in [-0.2, -0.15) is 5.10 Å². The molecule has 108 valence electrons. The van der Waals surface area contributed by atoms with Crippen molar-refractivity contribution in [1.82, 2.24) is 15.1 Å². The monoisotopic (exact) mass is 295 g/mol. The fraction of sp³-hybridized carbons (Fsp3) is 0.400. The Kier molecular flexibility index (Phi) is 5.15. The molecule has 0 amide bonds. The van der Waals surface area contributed by atoms with Crippen LogP contribution in [0.2, 0.25) is 5.02 Å². The maximum atomic E-state index is 14.0. The first-order valence-corrected chi connectivity index (χ1v) is 7.14. The zero-order valence-corrected chi connectivity index (χ0v) is 12.5. The second kappa shape index (κ2) is 6.86. The summed E-state index contributed by atoms with van der Waals surface area (Å²) in [6.07, 6.45) is 5.35. The molecule has 1 unspecified atom stereocenters. The van der Waals surface area contributed by atoms with E-state index < -0.39 is 0 Å². The summed E-state index contributed by atoms with van der Waals surface area (Å²) in [5.41, 5.74) is 1.68. The number of aryl methyl sites for hydroxylation is 1. The topological polar surface area (TPSA) is 29.9 Å². The third-order valence-corrected chi connectivity index (χ3v) is 3.52. The molecule has 2 aromatic rings. The van der Waals surface area contributed by atoms with E-state index in [1.807, 2.05) is 19.4 Å². The van der Waals surface area contributed by atoms with E-state index in [9.17, 15) is 4.39 Å². The van der Waals surface area contributed by atoms with Crippen LogP contribution in [0.4, 0.5) is 4.39 Å². The molecule has 0 aliphatic heterocycles. The Bertz CT molecular complexity index is 568. The summed E-state index contributed by atoms with van der Waals surface area (Å²) < 4.78 is 15.8. The highest BCUT2D eigenvalue weighted by molar-refractivity contribution is 6.30. The lowest BCUT2D eigenvalue weighted by Crippen LogP contribution is -2.24. The molecule has 0 bridgehead atoms. The van der Waals surface area contributed by atoms with Gasteiger partial charge in [-0.1, -0.05) is 30.7 Å². The summed E-state index contributed by atoms with van der Waals surface area (Å²) in [6, 6.07) is 5.16. The van der Waals surface area contributed by atoms with Crippen LogP contribution in [-0.4, -0.2) is 16.3 Å². The lowest BCUT2D eigenvalue weighted by molar-refractivity contribution is 0.513. The van der Waals surface area contributed by atoms with Crippen molar-refractivity contribution in [3.63, 3.8) is 0 Å². The Balaban J connectivity index is 2.21. The van der Waals surface area contributed by atoms with E-state index in [0.717, 1.165) is 18.5 Å². The Labute approximate surface area is 123 Å². The van der Waals surface area contributed by atoms with Crippen LogP contribution in [0.1, 0.15) is 30.5 Å². The van der Waals surface area contributed by atoms with Crippen LogP contribution in [-0.2, 0) is 13.5 Å². The standard InChI is InChI=1S/C15H19ClFN3/c1-3-7-18-14(12-9-19-20(2)10-12)8-11-5-4-6-13(16)15(11)17/h4-6,9-10,14,18H,3,7-8H2,1-2H3. The lowest BCUT2D eigenvalue weighted by Gasteiger charge is -2.18. The minimum Gasteiger partial charge on any atom is -0.310 e. The molecule has 1 aromatic heterocycles. The molecule has 0 aliphatic rings. The zero-order chi connectivity index (χ0) is 14.5. The van der Waals surface area contributed by atoms with Crippen LogP contribution in [0.3, 0.4) is 0 Å². The second-order valence-electron chi connectivity index (χ2n) is 4.87. The molecule has 0 saturated carbocycles. The molecule has 3 nitrogen and oxygen atoms in total. The molecule has 5 heteroatoms. The number of halogens is 2. The quantitative estimate of drug-likeness (QED) is 0.884. The van der Waals surface area contributed by atoms with E-state index in [-0.39, 0.29) is 16.9 Å². The van der Waals surface area contributed by atoms with Crippen molar-refractivity contribution in [1.29, 1.82) is 0 Å². The third-order valence-electron chi connectivity index (χ3n) is 3.22. The molecule has 0 radical (unpaired) electrons. The van der Waals surface area contributed by atoms with Crippen molar-refractivity contribution >= 4 is 11.6 Å². The molecule has 1 aromatic carbocycles. The van der Waals surface area contributed by atoms with Gasteiger partial charge in [-0.15, -0.1) is 0 Å². The number of hydrogen-bond acceptors (Lipinski definition) is 2. The van der Waals surface area contributed by atoms with Crippen LogP contribution < -0.4 is 5.32 Å². The van der Waals surface area contributed by atoms with Crippen LogP contribution in [0.5, 0.6) is 0 Å². The predicted octanol–water partition coefficient (Wildman–Crippen LogP) is 3.50. The number of nitrogens with one attached hydrogen (secondary N) is 1. The Hall–Kier alpha value is -1.39. The average molecular weight is 296 g/mol. The highest BCUT2D eigenvalue weighted by Crippen LogP contribution is 2.23. The minimum absolute atomic E-state index is 0.0385. The smallest absolute Gasteiger partial charge is 0.145 e. The molecular weight excluding hydrogens is 277 g/mol. The van der Waals surface area contributed by atoms with Gasteiger partial charge in [-0.25, -0.2) is 4.39 Å². The van der Waals surface area contributed by atoms with Gasteiger partial charge in [0, 0.05) is 24.8 Å². The van der Waals surface area contributed by atoms with Crippen molar-refractivity contribution in [2.45, 2.75) is 25.8 Å². The van der Waals surface area contributed by atoms with Crippen molar-refractivity contribution < 1.29 is 4.39 Å². The van der Waals surface area contributed by atoms with Gasteiger partial charge in [0.15, 0.2) is 0 Å². The van der Waals surface area contributed by atoms with Crippen LogP contribution >= 0.6 is 11.6 Å². The lowest BCUT2D eigenvalue weighted by atomic mass is 10.0. The first-order chi connectivity index (χ1) is 9.61. The Morgan fingerprint density at radius 2 is 2.25 bits per heavy atom. The fourth-order valence-electron chi connectivity index (χ4n) is 2.17. The van der Waals surface area contributed by atoms with Gasteiger partial charge in [0.2, 0.25) is 0 Å². The highest BCUT2D eigenvalue weighted by atomic mass is 35.5. The third kappa shape index (κ3) is 3.58. The normalized spacial score (nSPS) is 12.6. The largest absolute Gasteiger partial charge is 0.310 e. The molecule has 1 atom stereocenters. The van der Waals surface area contributed by atoms with Gasteiger partial charge in [-0.05, 0) is 31.0 Å². The van der Waals surface area contributed by atoms with Crippen LogP contribution in [0, 0.1) is 5.82 Å². The first-order valence-electron chi connectivity index (χ1n) is 6.76. The number of nitrogens with zero attached hydrogens (tertiary/aromatic N) is 2. The number of aromatic nitrogens is 2. The zero-order valence-electron chi connectivity index (χ0n) is 11.7. The van der Waals surface area contributed by atoms with Gasteiger partial charge in [0.1, 0.15) is 5.82 Å². The molecule has 20 heavy (non-hydrogen) atoms. The summed E-state index contributed by atoms with van der Waals surface area (Å²) in [4.78, 5) is 0. The van der Waals surface area contributed by atoms with E-state index in [4.69, 9.17) is 11.6 Å². The number of rotatable bonds is 6. The van der Waals surface area contributed by atoms with E-state index in [1.54, 1.807) is 22.9 Å². The second-order valence-corrected chi connectivity index (χ2v) is 5.28. The van der Waals surface area contributed by atoms with Crippen LogP contribution in [0.25, 0.3) is 0 Å². The molecule has 2 rings (SSSR count). The van der Waals surface area contributed by atoms with E-state index in [2.05, 4.69) is 17.3 Å². The highest BCUT2D eigenvalue weighted by Gasteiger charge is 2.16. The fourth-order valence-corrected chi connectivity index (χ4v) is 2.37. The molecular formula is C15H19ClFN3. The summed E-state index contributed by atoms with van der Waals surface area (Å²) in [5, 5.41) is 7.78. The predicted molar refractivity (Wildman–Crippen MR) is 79.4 cm³/mol. The Morgan fingerprint density at radius 3 is 2.90 bits per heavy atom. The van der Waals surface area contributed by atoms with E-state index in [1.165, 1.54) is 0 Å². The molecule has 0 aliphatic carbocycles. The summed E-state index contributed by atoms with van der Waals surface area (Å²) in [7, 11) is 1.88. The van der Waals surface area contributed by atoms with Crippen molar-refractivity contribution in [2.75, 3.05) is 6.54 Å². The summed E-state index contributed by atoms with van der Waals surface area (Å²) in [6.45, 7) is 2.98. The maximum absolute atomic E-state index is 14.0. The molecule has 0 saturated heterocycles. The van der Waals surface area contributed by atoms with Gasteiger partial charge in [0.25, 0.3) is 0 Å². The minimum atomic E-state index is -0.332. The van der Waals surface area contributed by atoms with Crippen molar-refractivity contribution in [3.8, 4) is 0 Å². The SMILES string of the molecule is CCCNC(Cc1cccc(Cl)c1F)c1cnn(C)c1. The molecule has 1 N–H and O–H groups in total. The van der Waals surface area contributed by atoms with Crippen molar-refractivity contribution in [3.05, 3.63) is 52.6 Å². The number of benzene rings is 1.